The number of aryl methyl sites for hydroxylation is 1. The molecule has 1 aromatic rings. The molecule has 1 unspecified atom stereocenters. The summed E-state index contributed by atoms with van der Waals surface area (Å²) in [6.07, 6.45) is 2.07. The third kappa shape index (κ3) is 2.70. The average molecular weight is 222 g/mol. The van der Waals surface area contributed by atoms with Crippen molar-refractivity contribution in [3.8, 4) is 0 Å². The van der Waals surface area contributed by atoms with Gasteiger partial charge in [-0.15, -0.1) is 0 Å². The minimum atomic E-state index is -1.52. The van der Waals surface area contributed by atoms with Crippen molar-refractivity contribution >= 4 is 0 Å². The topological polar surface area (TPSA) is 20.2 Å². The first-order valence-electron chi connectivity index (χ1n) is 5.65. The van der Waals surface area contributed by atoms with Crippen LogP contribution in [0.25, 0.3) is 0 Å². The van der Waals surface area contributed by atoms with Crippen LogP contribution in [0.4, 0.5) is 4.39 Å². The molecule has 0 aliphatic carbocycles. The average Bonchev–Trinajstić information content (AvgIpc) is 2.26. The molecule has 88 valence electrons. The zero-order chi connectivity index (χ0) is 12.2. The summed E-state index contributed by atoms with van der Waals surface area (Å²) in [4.78, 5) is 0. The van der Waals surface area contributed by atoms with Crippen LogP contribution >= 0.6 is 0 Å². The molecular weight excluding hydrogens is 203 g/mol. The molecule has 1 aromatic carbocycles. The summed E-state index contributed by atoms with van der Waals surface area (Å²) in [5, 5.41) is 10.3. The normalized spacial score (nSPS) is 14.5. The molecule has 16 heavy (non-hydrogen) atoms. The van der Waals surface area contributed by atoms with Gasteiger partial charge in [0.2, 0.25) is 0 Å². The Morgan fingerprint density at radius 2 is 1.94 bits per heavy atom. The lowest BCUT2D eigenvalue weighted by Gasteiger charge is -2.26. The van der Waals surface area contributed by atoms with Crippen LogP contribution in [0.1, 0.15) is 37.3 Å². The Kier molecular flexibility index (Phi) is 4.25. The zero-order valence-electron chi connectivity index (χ0n) is 9.96. The number of rotatable bonds is 5. The molecule has 0 aliphatic rings. The molecule has 0 aliphatic heterocycles. The Balaban J connectivity index is 3.01. The maximum Gasteiger partial charge on any atom is 0.140 e. The molecule has 0 heterocycles. The van der Waals surface area contributed by atoms with Crippen molar-refractivity contribution in [3.05, 3.63) is 47.8 Å². The SMILES string of the molecule is C=C(F)C(O)(CCCC)c1ccc(C)cc1. The molecule has 0 saturated carbocycles. The molecule has 0 fully saturated rings. The molecule has 0 saturated heterocycles. The van der Waals surface area contributed by atoms with Gasteiger partial charge in [-0.05, 0) is 18.9 Å². The largest absolute Gasteiger partial charge is 0.378 e. The van der Waals surface area contributed by atoms with E-state index in [-0.39, 0.29) is 0 Å². The highest BCUT2D eigenvalue weighted by molar-refractivity contribution is 5.31. The zero-order valence-corrected chi connectivity index (χ0v) is 9.96. The Morgan fingerprint density at radius 3 is 2.38 bits per heavy atom. The first-order valence-corrected chi connectivity index (χ1v) is 5.65. The fourth-order valence-corrected chi connectivity index (χ4v) is 1.70. The van der Waals surface area contributed by atoms with Gasteiger partial charge in [-0.2, -0.15) is 0 Å². The molecule has 0 aromatic heterocycles. The number of halogens is 1. The van der Waals surface area contributed by atoms with E-state index in [9.17, 15) is 9.50 Å². The molecule has 0 bridgehead atoms. The lowest BCUT2D eigenvalue weighted by Crippen LogP contribution is -2.26. The standard InChI is InChI=1S/C14H19FO/c1-4-5-10-14(16,12(3)15)13-8-6-11(2)7-9-13/h6-9,16H,3-5,10H2,1-2H3. The van der Waals surface area contributed by atoms with Crippen molar-refractivity contribution < 1.29 is 9.50 Å². The van der Waals surface area contributed by atoms with Crippen LogP contribution in [0.5, 0.6) is 0 Å². The summed E-state index contributed by atoms with van der Waals surface area (Å²) in [6.45, 7) is 7.23. The summed E-state index contributed by atoms with van der Waals surface area (Å²) >= 11 is 0. The van der Waals surface area contributed by atoms with E-state index in [1.54, 1.807) is 12.1 Å². The van der Waals surface area contributed by atoms with Crippen LogP contribution in [0, 0.1) is 6.92 Å². The van der Waals surface area contributed by atoms with Crippen LogP contribution < -0.4 is 0 Å². The quantitative estimate of drug-likeness (QED) is 0.802. The van der Waals surface area contributed by atoms with E-state index in [1.165, 1.54) is 0 Å². The molecule has 2 heteroatoms. The number of unbranched alkanes of at least 4 members (excludes halogenated alkanes) is 1. The van der Waals surface area contributed by atoms with Crippen LogP contribution in [0.2, 0.25) is 0 Å². The third-order valence-electron chi connectivity index (χ3n) is 2.87. The van der Waals surface area contributed by atoms with Gasteiger partial charge in [0, 0.05) is 0 Å². The lowest BCUT2D eigenvalue weighted by molar-refractivity contribution is 0.0414. The van der Waals surface area contributed by atoms with E-state index in [4.69, 9.17) is 0 Å². The smallest absolute Gasteiger partial charge is 0.140 e. The van der Waals surface area contributed by atoms with E-state index in [2.05, 4.69) is 6.58 Å². The third-order valence-corrected chi connectivity index (χ3v) is 2.87. The van der Waals surface area contributed by atoms with Gasteiger partial charge in [0.1, 0.15) is 11.4 Å². The number of aliphatic hydroxyl groups is 1. The van der Waals surface area contributed by atoms with Gasteiger partial charge in [0.25, 0.3) is 0 Å². The number of hydrogen-bond acceptors (Lipinski definition) is 1. The van der Waals surface area contributed by atoms with E-state index >= 15 is 0 Å². The summed E-state index contributed by atoms with van der Waals surface area (Å²) < 4.78 is 13.4. The molecule has 1 nitrogen and oxygen atoms in total. The minimum absolute atomic E-state index is 0.377. The summed E-state index contributed by atoms with van der Waals surface area (Å²) in [5.74, 6) is -0.676. The maximum atomic E-state index is 13.4. The van der Waals surface area contributed by atoms with E-state index < -0.39 is 11.4 Å². The van der Waals surface area contributed by atoms with Crippen LogP contribution in [0.15, 0.2) is 36.7 Å². The summed E-state index contributed by atoms with van der Waals surface area (Å²) in [7, 11) is 0. The van der Waals surface area contributed by atoms with E-state index in [0.29, 0.717) is 12.0 Å². The molecule has 0 radical (unpaired) electrons. The first-order chi connectivity index (χ1) is 7.50. The van der Waals surface area contributed by atoms with Gasteiger partial charge in [0.15, 0.2) is 0 Å². The molecule has 0 spiro atoms. The summed E-state index contributed by atoms with van der Waals surface area (Å²) in [5.41, 5.74) is 0.147. The van der Waals surface area contributed by atoms with Crippen LogP contribution in [-0.2, 0) is 5.60 Å². The molecule has 0 amide bonds. The predicted octanol–water partition coefficient (Wildman–Crippen LogP) is 3.86. The van der Waals surface area contributed by atoms with Crippen molar-refractivity contribution in [2.75, 3.05) is 0 Å². The van der Waals surface area contributed by atoms with Crippen molar-refractivity contribution in [2.24, 2.45) is 0 Å². The van der Waals surface area contributed by atoms with Gasteiger partial charge >= 0.3 is 0 Å². The van der Waals surface area contributed by atoms with Gasteiger partial charge < -0.3 is 5.11 Å². The summed E-state index contributed by atoms with van der Waals surface area (Å²) in [6, 6.07) is 7.26. The van der Waals surface area contributed by atoms with Crippen molar-refractivity contribution in [3.63, 3.8) is 0 Å². The van der Waals surface area contributed by atoms with Gasteiger partial charge in [-0.3, -0.25) is 0 Å². The fraction of sp³-hybridized carbons (Fsp3) is 0.429. The minimum Gasteiger partial charge on any atom is -0.378 e. The predicted molar refractivity (Wildman–Crippen MR) is 64.8 cm³/mol. The van der Waals surface area contributed by atoms with Gasteiger partial charge in [-0.25, -0.2) is 4.39 Å². The van der Waals surface area contributed by atoms with Gasteiger partial charge in [-0.1, -0.05) is 56.2 Å². The maximum absolute atomic E-state index is 13.4. The number of benzene rings is 1. The molecule has 1 rings (SSSR count). The van der Waals surface area contributed by atoms with Crippen molar-refractivity contribution in [2.45, 2.75) is 38.7 Å². The second-order valence-corrected chi connectivity index (χ2v) is 4.23. The van der Waals surface area contributed by atoms with E-state index in [0.717, 1.165) is 18.4 Å². The molecule has 1 atom stereocenters. The Morgan fingerprint density at radius 1 is 1.38 bits per heavy atom. The highest BCUT2D eigenvalue weighted by Crippen LogP contribution is 2.34. The second-order valence-electron chi connectivity index (χ2n) is 4.23. The lowest BCUT2D eigenvalue weighted by atomic mass is 9.87. The van der Waals surface area contributed by atoms with Crippen molar-refractivity contribution in [1.29, 1.82) is 0 Å². The van der Waals surface area contributed by atoms with Gasteiger partial charge in [0.05, 0.1) is 0 Å². The fourth-order valence-electron chi connectivity index (χ4n) is 1.70. The van der Waals surface area contributed by atoms with Crippen LogP contribution in [-0.4, -0.2) is 5.11 Å². The van der Waals surface area contributed by atoms with Crippen molar-refractivity contribution in [1.82, 2.24) is 0 Å². The van der Waals surface area contributed by atoms with Crippen LogP contribution in [0.3, 0.4) is 0 Å². The Hall–Kier alpha value is -1.15. The first kappa shape index (κ1) is 12.9. The highest BCUT2D eigenvalue weighted by Gasteiger charge is 2.32. The number of hydrogen-bond donors (Lipinski definition) is 1. The second kappa shape index (κ2) is 5.26. The Labute approximate surface area is 96.6 Å². The molecule has 1 N–H and O–H groups in total. The van der Waals surface area contributed by atoms with E-state index in [1.807, 2.05) is 26.0 Å². The monoisotopic (exact) mass is 222 g/mol. The molecular formula is C14H19FO. The Bertz CT molecular complexity index is 356. The highest BCUT2D eigenvalue weighted by atomic mass is 19.1.